The summed E-state index contributed by atoms with van der Waals surface area (Å²) in [6.07, 6.45) is 2.35. The normalized spacial score (nSPS) is 10.7. The highest BCUT2D eigenvalue weighted by molar-refractivity contribution is 7.16. The summed E-state index contributed by atoms with van der Waals surface area (Å²) in [6, 6.07) is 9.60. The Morgan fingerprint density at radius 3 is 2.67 bits per heavy atom. The summed E-state index contributed by atoms with van der Waals surface area (Å²) >= 11 is 7.26. The van der Waals surface area contributed by atoms with Crippen molar-refractivity contribution in [3.63, 3.8) is 0 Å². The fraction of sp³-hybridized carbons (Fsp3) is 0.222. The number of ether oxygens (including phenoxy) is 1. The minimum atomic E-state index is -0.753. The van der Waals surface area contributed by atoms with Crippen LogP contribution in [-0.4, -0.2) is 34.9 Å². The van der Waals surface area contributed by atoms with Crippen LogP contribution in [0.25, 0.3) is 6.08 Å². The standard InChI is InChI=1S/C18H17ClN2O5S/c1-2-20(11-14-8-9-16(19)27-14)17(22)12-26-18(23)10-7-13-5-3-4-6-15(13)21(24)25/h3-10H,2,11-12H2,1H3/b10-7+. The van der Waals surface area contributed by atoms with Crippen LogP contribution in [0.4, 0.5) is 5.69 Å². The minimum absolute atomic E-state index is 0.121. The molecule has 0 saturated carbocycles. The molecule has 0 saturated heterocycles. The van der Waals surface area contributed by atoms with Gasteiger partial charge in [-0.2, -0.15) is 0 Å². The molecule has 0 aliphatic carbocycles. The Morgan fingerprint density at radius 2 is 2.04 bits per heavy atom. The van der Waals surface area contributed by atoms with E-state index in [0.29, 0.717) is 17.4 Å². The van der Waals surface area contributed by atoms with Gasteiger partial charge in [-0.1, -0.05) is 23.7 Å². The summed E-state index contributed by atoms with van der Waals surface area (Å²) in [5.74, 6) is -1.09. The van der Waals surface area contributed by atoms with Crippen LogP contribution in [0.1, 0.15) is 17.4 Å². The van der Waals surface area contributed by atoms with E-state index in [-0.39, 0.29) is 17.2 Å². The summed E-state index contributed by atoms with van der Waals surface area (Å²) in [7, 11) is 0. The lowest BCUT2D eigenvalue weighted by molar-refractivity contribution is -0.385. The number of benzene rings is 1. The molecule has 27 heavy (non-hydrogen) atoms. The molecule has 0 atom stereocenters. The molecule has 0 fully saturated rings. The Morgan fingerprint density at radius 1 is 1.30 bits per heavy atom. The summed E-state index contributed by atoms with van der Waals surface area (Å²) in [5, 5.41) is 10.9. The van der Waals surface area contributed by atoms with E-state index in [1.54, 1.807) is 17.0 Å². The number of para-hydroxylation sites is 1. The number of amides is 1. The number of hydrogen-bond acceptors (Lipinski definition) is 6. The van der Waals surface area contributed by atoms with E-state index in [2.05, 4.69) is 0 Å². The predicted molar refractivity (Wildman–Crippen MR) is 104 cm³/mol. The third kappa shape index (κ3) is 6.19. The largest absolute Gasteiger partial charge is 0.452 e. The number of nitrogens with zero attached hydrogens (tertiary/aromatic N) is 2. The van der Waals surface area contributed by atoms with Gasteiger partial charge in [-0.3, -0.25) is 14.9 Å². The zero-order chi connectivity index (χ0) is 19.8. The van der Waals surface area contributed by atoms with Gasteiger partial charge in [0.2, 0.25) is 0 Å². The molecule has 0 spiro atoms. The number of hydrogen-bond donors (Lipinski definition) is 0. The third-order valence-electron chi connectivity index (χ3n) is 3.58. The number of nitro benzene ring substituents is 1. The molecular formula is C18H17ClN2O5S. The second-order valence-corrected chi connectivity index (χ2v) is 7.17. The summed E-state index contributed by atoms with van der Waals surface area (Å²) in [6.45, 7) is 2.25. The second kappa shape index (κ2) is 9.84. The van der Waals surface area contributed by atoms with Gasteiger partial charge >= 0.3 is 5.97 Å². The van der Waals surface area contributed by atoms with E-state index in [0.717, 1.165) is 11.0 Å². The molecule has 1 amide bonds. The van der Waals surface area contributed by atoms with Gasteiger partial charge in [0.05, 0.1) is 21.4 Å². The summed E-state index contributed by atoms with van der Waals surface area (Å²) < 4.78 is 5.58. The van der Waals surface area contributed by atoms with Crippen molar-refractivity contribution in [3.8, 4) is 0 Å². The SMILES string of the molecule is CCN(Cc1ccc(Cl)s1)C(=O)COC(=O)/C=C/c1ccccc1[N+](=O)[O-]. The lowest BCUT2D eigenvalue weighted by atomic mass is 10.1. The van der Waals surface area contributed by atoms with Crippen LogP contribution in [0.15, 0.2) is 42.5 Å². The van der Waals surface area contributed by atoms with Crippen molar-refractivity contribution < 1.29 is 19.2 Å². The quantitative estimate of drug-likeness (QED) is 0.286. The molecule has 1 aromatic heterocycles. The van der Waals surface area contributed by atoms with Gasteiger partial charge in [-0.05, 0) is 31.2 Å². The monoisotopic (exact) mass is 408 g/mol. The maximum absolute atomic E-state index is 12.2. The van der Waals surface area contributed by atoms with Gasteiger partial charge in [0.1, 0.15) is 0 Å². The summed E-state index contributed by atoms with van der Waals surface area (Å²) in [4.78, 5) is 36.9. The van der Waals surface area contributed by atoms with Crippen molar-refractivity contribution in [1.82, 2.24) is 4.90 Å². The lowest BCUT2D eigenvalue weighted by Gasteiger charge is -2.19. The van der Waals surface area contributed by atoms with Gasteiger partial charge in [-0.15, -0.1) is 11.3 Å². The Balaban J connectivity index is 1.90. The molecule has 0 bridgehead atoms. The van der Waals surface area contributed by atoms with Gasteiger partial charge in [0.25, 0.3) is 11.6 Å². The zero-order valence-electron chi connectivity index (χ0n) is 14.5. The van der Waals surface area contributed by atoms with Crippen LogP contribution in [-0.2, 0) is 20.9 Å². The first-order chi connectivity index (χ1) is 12.9. The number of halogens is 1. The van der Waals surface area contributed by atoms with Crippen molar-refractivity contribution in [2.24, 2.45) is 0 Å². The summed E-state index contributed by atoms with van der Waals surface area (Å²) in [5.41, 5.74) is 0.153. The Kier molecular flexibility index (Phi) is 7.51. The number of rotatable bonds is 8. The number of likely N-dealkylation sites (N-methyl/N-ethyl adjacent to an activating group) is 1. The van der Waals surface area contributed by atoms with E-state index in [9.17, 15) is 19.7 Å². The van der Waals surface area contributed by atoms with Crippen molar-refractivity contribution in [2.45, 2.75) is 13.5 Å². The molecule has 1 aromatic carbocycles. The van der Waals surface area contributed by atoms with Crippen molar-refractivity contribution in [3.05, 3.63) is 67.4 Å². The molecule has 0 radical (unpaired) electrons. The fourth-order valence-electron chi connectivity index (χ4n) is 2.23. The number of carbonyl (C=O) groups excluding carboxylic acids is 2. The van der Waals surface area contributed by atoms with Crippen LogP contribution < -0.4 is 0 Å². The molecule has 0 aliphatic heterocycles. The third-order valence-corrected chi connectivity index (χ3v) is 4.80. The Labute approximate surface area is 165 Å². The van der Waals surface area contributed by atoms with Gasteiger partial charge in [0.15, 0.2) is 6.61 Å². The first kappa shape index (κ1) is 20.6. The molecule has 9 heteroatoms. The van der Waals surface area contributed by atoms with E-state index >= 15 is 0 Å². The highest BCUT2D eigenvalue weighted by atomic mass is 35.5. The Hall–Kier alpha value is -2.71. The second-order valence-electron chi connectivity index (χ2n) is 5.37. The van der Waals surface area contributed by atoms with Crippen molar-refractivity contribution in [2.75, 3.05) is 13.2 Å². The van der Waals surface area contributed by atoms with Crippen LogP contribution in [0.5, 0.6) is 0 Å². The molecule has 0 unspecified atom stereocenters. The van der Waals surface area contributed by atoms with Crippen LogP contribution in [0, 0.1) is 10.1 Å². The maximum Gasteiger partial charge on any atom is 0.331 e. The van der Waals surface area contributed by atoms with Crippen LogP contribution in [0.3, 0.4) is 0 Å². The molecule has 7 nitrogen and oxygen atoms in total. The first-order valence-corrected chi connectivity index (χ1v) is 9.20. The smallest absolute Gasteiger partial charge is 0.331 e. The Bertz CT molecular complexity index is 865. The average Bonchev–Trinajstić information content (AvgIpc) is 3.07. The fourth-order valence-corrected chi connectivity index (χ4v) is 3.33. The molecule has 0 aliphatic rings. The van der Waals surface area contributed by atoms with E-state index in [1.165, 1.54) is 35.6 Å². The molecule has 2 rings (SSSR count). The molecular weight excluding hydrogens is 392 g/mol. The van der Waals surface area contributed by atoms with E-state index < -0.39 is 17.5 Å². The molecule has 142 valence electrons. The number of nitro groups is 1. The van der Waals surface area contributed by atoms with Crippen LogP contribution >= 0.6 is 22.9 Å². The maximum atomic E-state index is 12.2. The van der Waals surface area contributed by atoms with Gasteiger partial charge < -0.3 is 9.64 Å². The minimum Gasteiger partial charge on any atom is -0.452 e. The molecule has 2 aromatic rings. The zero-order valence-corrected chi connectivity index (χ0v) is 16.0. The highest BCUT2D eigenvalue weighted by Crippen LogP contribution is 2.22. The van der Waals surface area contributed by atoms with Crippen molar-refractivity contribution >= 4 is 46.6 Å². The van der Waals surface area contributed by atoms with Gasteiger partial charge in [0, 0.05) is 23.6 Å². The first-order valence-electron chi connectivity index (χ1n) is 8.01. The van der Waals surface area contributed by atoms with E-state index in [1.807, 2.05) is 13.0 Å². The van der Waals surface area contributed by atoms with Crippen LogP contribution in [0.2, 0.25) is 4.34 Å². The van der Waals surface area contributed by atoms with Gasteiger partial charge in [-0.25, -0.2) is 4.79 Å². The number of thiophene rings is 1. The average molecular weight is 409 g/mol. The van der Waals surface area contributed by atoms with E-state index in [4.69, 9.17) is 16.3 Å². The molecule has 0 N–H and O–H groups in total. The molecule has 1 heterocycles. The highest BCUT2D eigenvalue weighted by Gasteiger charge is 2.15. The number of esters is 1. The van der Waals surface area contributed by atoms with Crippen molar-refractivity contribution in [1.29, 1.82) is 0 Å². The predicted octanol–water partition coefficient (Wildman–Crippen LogP) is 3.91. The topological polar surface area (TPSA) is 89.8 Å². The lowest BCUT2D eigenvalue weighted by Crippen LogP contribution is -2.33. The number of carbonyl (C=O) groups is 2.